The van der Waals surface area contributed by atoms with Gasteiger partial charge in [0.1, 0.15) is 5.75 Å². The number of aliphatic imine (C=N–C) groups is 1. The van der Waals surface area contributed by atoms with Gasteiger partial charge in [0.2, 0.25) is 5.75 Å². The molecule has 0 fully saturated rings. The summed E-state index contributed by atoms with van der Waals surface area (Å²) in [4.78, 5) is 4.26. The highest BCUT2D eigenvalue weighted by Gasteiger charge is 2.13. The lowest BCUT2D eigenvalue weighted by atomic mass is 10.2. The molecule has 0 aromatic heterocycles. The summed E-state index contributed by atoms with van der Waals surface area (Å²) in [5, 5.41) is 6.53. The second-order valence-corrected chi connectivity index (χ2v) is 6.28. The molecule has 2 aromatic carbocycles. The maximum Gasteiger partial charge on any atom is 0.203 e. The van der Waals surface area contributed by atoms with Gasteiger partial charge in [-0.05, 0) is 55.8 Å². The van der Waals surface area contributed by atoms with E-state index in [0.717, 1.165) is 17.0 Å². The molecule has 7 nitrogen and oxygen atoms in total. The Balaban J connectivity index is 2.04. The van der Waals surface area contributed by atoms with Gasteiger partial charge >= 0.3 is 0 Å². The highest BCUT2D eigenvalue weighted by Crippen LogP contribution is 2.38. The van der Waals surface area contributed by atoms with E-state index in [0.29, 0.717) is 29.8 Å². The van der Waals surface area contributed by atoms with Crippen LogP contribution >= 0.6 is 0 Å². The fourth-order valence-corrected chi connectivity index (χ4v) is 2.63. The van der Waals surface area contributed by atoms with Gasteiger partial charge in [0, 0.05) is 19.3 Å². The quantitative estimate of drug-likeness (QED) is 0.532. The van der Waals surface area contributed by atoms with Crippen LogP contribution in [0, 0.1) is 0 Å². The first-order valence-electron chi connectivity index (χ1n) is 9.04. The third-order valence-electron chi connectivity index (χ3n) is 3.90. The first-order chi connectivity index (χ1) is 13.5. The second-order valence-electron chi connectivity index (χ2n) is 6.28. The summed E-state index contributed by atoms with van der Waals surface area (Å²) >= 11 is 0. The van der Waals surface area contributed by atoms with Gasteiger partial charge in [0.05, 0.1) is 27.4 Å². The van der Waals surface area contributed by atoms with Crippen LogP contribution in [0.1, 0.15) is 19.4 Å². The number of ether oxygens (including phenoxy) is 4. The molecule has 152 valence electrons. The first-order valence-corrected chi connectivity index (χ1v) is 9.04. The fourth-order valence-electron chi connectivity index (χ4n) is 2.63. The number of methoxy groups -OCH3 is 3. The Morgan fingerprint density at radius 3 is 2.04 bits per heavy atom. The van der Waals surface area contributed by atoms with E-state index in [1.54, 1.807) is 28.4 Å². The van der Waals surface area contributed by atoms with E-state index in [9.17, 15) is 0 Å². The molecule has 0 radical (unpaired) electrons. The highest BCUT2D eigenvalue weighted by molar-refractivity contribution is 5.93. The average molecular weight is 387 g/mol. The molecule has 0 atom stereocenters. The number of guanidine groups is 1. The van der Waals surface area contributed by atoms with Crippen molar-refractivity contribution in [2.75, 3.05) is 33.7 Å². The number of nitrogens with zero attached hydrogens (tertiary/aromatic N) is 1. The predicted octanol–water partition coefficient (Wildman–Crippen LogP) is 3.69. The predicted molar refractivity (Wildman–Crippen MR) is 112 cm³/mol. The molecule has 2 aromatic rings. The number of nitrogens with one attached hydrogen (secondary N) is 2. The van der Waals surface area contributed by atoms with E-state index < -0.39 is 0 Å². The van der Waals surface area contributed by atoms with Crippen LogP contribution in [-0.4, -0.2) is 40.4 Å². The molecule has 7 heteroatoms. The molecule has 0 unspecified atom stereocenters. The van der Waals surface area contributed by atoms with Crippen molar-refractivity contribution in [2.24, 2.45) is 4.99 Å². The molecule has 0 saturated heterocycles. The number of rotatable bonds is 8. The minimum atomic E-state index is 0.145. The topological polar surface area (TPSA) is 73.3 Å². The van der Waals surface area contributed by atoms with Crippen molar-refractivity contribution in [1.29, 1.82) is 0 Å². The first kappa shape index (κ1) is 21.2. The molecule has 0 aliphatic heterocycles. The van der Waals surface area contributed by atoms with Crippen molar-refractivity contribution in [1.82, 2.24) is 5.32 Å². The molecule has 0 heterocycles. The summed E-state index contributed by atoms with van der Waals surface area (Å²) in [5.41, 5.74) is 1.88. The summed E-state index contributed by atoms with van der Waals surface area (Å²) in [7, 11) is 6.51. The van der Waals surface area contributed by atoms with Gasteiger partial charge in [-0.25, -0.2) is 0 Å². The third kappa shape index (κ3) is 5.70. The van der Waals surface area contributed by atoms with Crippen molar-refractivity contribution in [3.8, 4) is 23.0 Å². The van der Waals surface area contributed by atoms with Crippen LogP contribution in [0.25, 0.3) is 0 Å². The molecule has 28 heavy (non-hydrogen) atoms. The van der Waals surface area contributed by atoms with Crippen LogP contribution in [0.3, 0.4) is 0 Å². The van der Waals surface area contributed by atoms with Crippen LogP contribution < -0.4 is 29.6 Å². The van der Waals surface area contributed by atoms with Gasteiger partial charge < -0.3 is 29.6 Å². The highest BCUT2D eigenvalue weighted by atomic mass is 16.5. The molecule has 2 N–H and O–H groups in total. The summed E-state index contributed by atoms with van der Waals surface area (Å²) in [6.45, 7) is 4.53. The van der Waals surface area contributed by atoms with Gasteiger partial charge in [0.15, 0.2) is 17.5 Å². The molecule has 0 aliphatic rings. The van der Waals surface area contributed by atoms with Gasteiger partial charge in [-0.1, -0.05) is 0 Å². The molecule has 2 rings (SSSR count). The normalized spacial score (nSPS) is 11.2. The smallest absolute Gasteiger partial charge is 0.203 e. The van der Waals surface area contributed by atoms with Crippen LogP contribution in [0.2, 0.25) is 0 Å². The SMILES string of the molecule is CN=C(NCc1cc(OC)c(OC)c(OC)c1)Nc1ccc(OC(C)C)cc1. The zero-order chi connectivity index (χ0) is 20.5. The third-order valence-corrected chi connectivity index (χ3v) is 3.90. The van der Waals surface area contributed by atoms with E-state index in [-0.39, 0.29) is 6.10 Å². The van der Waals surface area contributed by atoms with E-state index in [4.69, 9.17) is 18.9 Å². The van der Waals surface area contributed by atoms with Crippen LogP contribution in [0.5, 0.6) is 23.0 Å². The summed E-state index contributed by atoms with van der Waals surface area (Å²) in [5.74, 6) is 3.27. The Bertz CT molecular complexity index is 764. The van der Waals surface area contributed by atoms with E-state index in [2.05, 4.69) is 15.6 Å². The molecular weight excluding hydrogens is 358 g/mol. The van der Waals surface area contributed by atoms with Crippen LogP contribution in [0.4, 0.5) is 5.69 Å². The second kappa shape index (κ2) is 10.3. The van der Waals surface area contributed by atoms with Crippen molar-refractivity contribution in [3.05, 3.63) is 42.0 Å². The minimum absolute atomic E-state index is 0.145. The Labute approximate surface area is 166 Å². The number of benzene rings is 2. The van der Waals surface area contributed by atoms with Crippen molar-refractivity contribution in [2.45, 2.75) is 26.5 Å². The molecular formula is C21H29N3O4. The van der Waals surface area contributed by atoms with Crippen molar-refractivity contribution in [3.63, 3.8) is 0 Å². The van der Waals surface area contributed by atoms with Crippen LogP contribution in [-0.2, 0) is 6.54 Å². The monoisotopic (exact) mass is 387 g/mol. The van der Waals surface area contributed by atoms with E-state index in [1.165, 1.54) is 0 Å². The lowest BCUT2D eigenvalue weighted by Crippen LogP contribution is -2.30. The Kier molecular flexibility index (Phi) is 7.80. The molecule has 0 aliphatic carbocycles. The van der Waals surface area contributed by atoms with Gasteiger partial charge in [-0.2, -0.15) is 0 Å². The largest absolute Gasteiger partial charge is 0.493 e. The summed E-state index contributed by atoms with van der Waals surface area (Å²) < 4.78 is 21.8. The van der Waals surface area contributed by atoms with Crippen LogP contribution in [0.15, 0.2) is 41.4 Å². The molecule has 0 saturated carbocycles. The molecule has 0 amide bonds. The number of hydrogen-bond acceptors (Lipinski definition) is 5. The zero-order valence-electron chi connectivity index (χ0n) is 17.3. The van der Waals surface area contributed by atoms with E-state index >= 15 is 0 Å². The lowest BCUT2D eigenvalue weighted by molar-refractivity contribution is 0.242. The summed E-state index contributed by atoms with van der Waals surface area (Å²) in [6.07, 6.45) is 0.145. The van der Waals surface area contributed by atoms with Gasteiger partial charge in [0.25, 0.3) is 0 Å². The average Bonchev–Trinajstić information content (AvgIpc) is 2.70. The molecule has 0 spiro atoms. The standard InChI is InChI=1S/C21H29N3O4/c1-14(2)28-17-9-7-16(8-10-17)24-21(22-3)23-13-15-11-18(25-4)20(27-6)19(12-15)26-5/h7-12,14H,13H2,1-6H3,(H2,22,23,24). The lowest BCUT2D eigenvalue weighted by Gasteiger charge is -2.16. The van der Waals surface area contributed by atoms with Gasteiger partial charge in [-0.15, -0.1) is 0 Å². The fraction of sp³-hybridized carbons (Fsp3) is 0.381. The maximum absolute atomic E-state index is 5.66. The van der Waals surface area contributed by atoms with Gasteiger partial charge in [-0.3, -0.25) is 4.99 Å². The zero-order valence-corrected chi connectivity index (χ0v) is 17.3. The number of anilines is 1. The van der Waals surface area contributed by atoms with Crippen molar-refractivity contribution >= 4 is 11.6 Å². The van der Waals surface area contributed by atoms with Crippen molar-refractivity contribution < 1.29 is 18.9 Å². The Morgan fingerprint density at radius 1 is 0.964 bits per heavy atom. The minimum Gasteiger partial charge on any atom is -0.493 e. The maximum atomic E-state index is 5.66. The number of hydrogen-bond donors (Lipinski definition) is 2. The Morgan fingerprint density at radius 2 is 1.57 bits per heavy atom. The molecule has 0 bridgehead atoms. The van der Waals surface area contributed by atoms with E-state index in [1.807, 2.05) is 50.2 Å². The Hall–Kier alpha value is -3.09. The summed E-state index contributed by atoms with van der Waals surface area (Å²) in [6, 6.07) is 11.6.